The SMILES string of the molecule is C[C@@H]1CC2=C/C(=N/O)CC[C@@H]2[C@H]2CC[C@@]3(C)[C@@H]([C@H]4C[C@H]4[C@@]34C=CCO4)[C@@H]21. The number of ether oxygens (including phenoxy) is 1. The Labute approximate surface area is 156 Å². The first-order chi connectivity index (χ1) is 12.6. The molecule has 4 fully saturated rings. The molecule has 0 aromatic heterocycles. The third-order valence-corrected chi connectivity index (χ3v) is 9.57. The third kappa shape index (κ3) is 1.72. The van der Waals surface area contributed by atoms with Gasteiger partial charge in [0.15, 0.2) is 0 Å². The number of fused-ring (bicyclic) bond motifs is 9. The summed E-state index contributed by atoms with van der Waals surface area (Å²) in [7, 11) is 0. The van der Waals surface area contributed by atoms with Gasteiger partial charge in [0.1, 0.15) is 0 Å². The molecule has 0 amide bonds. The quantitative estimate of drug-likeness (QED) is 0.385. The van der Waals surface area contributed by atoms with Crippen LogP contribution in [0.4, 0.5) is 0 Å². The van der Waals surface area contributed by atoms with Crippen LogP contribution in [0.5, 0.6) is 0 Å². The number of hydrogen-bond acceptors (Lipinski definition) is 3. The monoisotopic (exact) mass is 353 g/mol. The summed E-state index contributed by atoms with van der Waals surface area (Å²) >= 11 is 0. The molecule has 0 unspecified atom stereocenters. The van der Waals surface area contributed by atoms with E-state index in [2.05, 4.69) is 37.2 Å². The second kappa shape index (κ2) is 5.04. The molecule has 6 rings (SSSR count). The second-order valence-electron chi connectivity index (χ2n) is 10.4. The van der Waals surface area contributed by atoms with Crippen molar-refractivity contribution in [2.45, 2.75) is 58.0 Å². The largest absolute Gasteiger partial charge is 0.411 e. The van der Waals surface area contributed by atoms with E-state index in [1.165, 1.54) is 32.1 Å². The number of allylic oxidation sites excluding steroid dienone is 2. The van der Waals surface area contributed by atoms with Crippen LogP contribution < -0.4 is 0 Å². The Bertz CT molecular complexity index is 738. The molecule has 1 heterocycles. The predicted molar refractivity (Wildman–Crippen MR) is 101 cm³/mol. The lowest BCUT2D eigenvalue weighted by atomic mass is 9.47. The molecule has 0 aromatic rings. The first-order valence-electron chi connectivity index (χ1n) is 10.8. The minimum atomic E-state index is 0.0619. The van der Waals surface area contributed by atoms with Gasteiger partial charge < -0.3 is 9.94 Å². The molecule has 1 aliphatic heterocycles. The summed E-state index contributed by atoms with van der Waals surface area (Å²) in [4.78, 5) is 0. The van der Waals surface area contributed by atoms with Crippen LogP contribution >= 0.6 is 0 Å². The van der Waals surface area contributed by atoms with Crippen LogP contribution in [0, 0.1) is 46.8 Å². The molecular formula is C23H31NO2. The Balaban J connectivity index is 1.39. The molecule has 6 aliphatic rings. The zero-order chi connectivity index (χ0) is 17.7. The van der Waals surface area contributed by atoms with E-state index in [0.717, 1.165) is 60.2 Å². The number of nitrogens with zero attached hydrogens (tertiary/aromatic N) is 1. The Morgan fingerprint density at radius 2 is 2.15 bits per heavy atom. The van der Waals surface area contributed by atoms with E-state index in [0.29, 0.717) is 5.41 Å². The van der Waals surface area contributed by atoms with Gasteiger partial charge in [-0.15, -0.1) is 0 Å². The van der Waals surface area contributed by atoms with Gasteiger partial charge >= 0.3 is 0 Å². The minimum absolute atomic E-state index is 0.0619. The van der Waals surface area contributed by atoms with Crippen molar-refractivity contribution in [2.24, 2.45) is 52.0 Å². The highest BCUT2D eigenvalue weighted by molar-refractivity contribution is 5.96. The van der Waals surface area contributed by atoms with Gasteiger partial charge in [0.2, 0.25) is 0 Å². The van der Waals surface area contributed by atoms with Gasteiger partial charge in [0, 0.05) is 5.41 Å². The maximum absolute atomic E-state index is 9.22. The van der Waals surface area contributed by atoms with Gasteiger partial charge in [-0.05, 0) is 86.0 Å². The highest BCUT2D eigenvalue weighted by Crippen LogP contribution is 2.78. The van der Waals surface area contributed by atoms with Crippen molar-refractivity contribution in [3.05, 3.63) is 23.8 Å². The van der Waals surface area contributed by atoms with Crippen LogP contribution in [0.2, 0.25) is 0 Å². The van der Waals surface area contributed by atoms with E-state index < -0.39 is 0 Å². The molecule has 1 N–H and O–H groups in total. The molecular weight excluding hydrogens is 322 g/mol. The van der Waals surface area contributed by atoms with Crippen LogP contribution in [0.25, 0.3) is 0 Å². The minimum Gasteiger partial charge on any atom is -0.411 e. The van der Waals surface area contributed by atoms with Gasteiger partial charge in [-0.1, -0.05) is 36.7 Å². The molecule has 1 spiro atoms. The first kappa shape index (κ1) is 15.9. The first-order valence-corrected chi connectivity index (χ1v) is 10.8. The standard InChI is InChI=1S/C23H31NO2/c1-13-10-14-11-15(24-25)4-5-16(14)17-6-8-22(2)21(20(13)17)18-12-19(18)23(22)7-3-9-26-23/h3,7,11,13,16-21,25H,4-6,8-10,12H2,1-2H3/b24-15+/t13-,16+,17-,18+,19-,20-,21+,22+,23+/m1/s1. The molecule has 3 heteroatoms. The summed E-state index contributed by atoms with van der Waals surface area (Å²) in [5.41, 5.74) is 2.89. The lowest BCUT2D eigenvalue weighted by Gasteiger charge is -2.59. The fourth-order valence-corrected chi connectivity index (χ4v) is 8.72. The molecule has 0 radical (unpaired) electrons. The highest BCUT2D eigenvalue weighted by atomic mass is 16.5. The average molecular weight is 354 g/mol. The van der Waals surface area contributed by atoms with Crippen molar-refractivity contribution in [3.8, 4) is 0 Å². The smallest absolute Gasteiger partial charge is 0.0954 e. The van der Waals surface area contributed by atoms with Crippen molar-refractivity contribution >= 4 is 5.71 Å². The van der Waals surface area contributed by atoms with Crippen LogP contribution in [0.15, 0.2) is 29.0 Å². The van der Waals surface area contributed by atoms with Crippen molar-refractivity contribution < 1.29 is 9.94 Å². The van der Waals surface area contributed by atoms with Gasteiger partial charge in [-0.3, -0.25) is 0 Å². The Kier molecular flexibility index (Phi) is 3.08. The van der Waals surface area contributed by atoms with Gasteiger partial charge in [0.25, 0.3) is 0 Å². The predicted octanol–water partition coefficient (Wildman–Crippen LogP) is 4.82. The second-order valence-corrected chi connectivity index (χ2v) is 10.4. The van der Waals surface area contributed by atoms with Crippen molar-refractivity contribution in [1.29, 1.82) is 0 Å². The Hall–Kier alpha value is -1.09. The summed E-state index contributed by atoms with van der Waals surface area (Å²) in [6.07, 6.45) is 14.4. The summed E-state index contributed by atoms with van der Waals surface area (Å²) < 4.78 is 6.51. The summed E-state index contributed by atoms with van der Waals surface area (Å²) in [5.74, 6) is 5.71. The molecule has 3 nitrogen and oxygen atoms in total. The molecule has 0 aromatic carbocycles. The normalized spacial score (nSPS) is 58.2. The van der Waals surface area contributed by atoms with E-state index >= 15 is 0 Å². The van der Waals surface area contributed by atoms with Crippen LogP contribution in [-0.4, -0.2) is 23.1 Å². The fraction of sp³-hybridized carbons (Fsp3) is 0.783. The van der Waals surface area contributed by atoms with E-state index in [4.69, 9.17) is 4.74 Å². The molecule has 140 valence electrons. The molecule has 26 heavy (non-hydrogen) atoms. The molecule has 0 saturated heterocycles. The third-order valence-electron chi connectivity index (χ3n) is 9.57. The van der Waals surface area contributed by atoms with Gasteiger partial charge in [-0.25, -0.2) is 0 Å². The summed E-state index contributed by atoms with van der Waals surface area (Å²) in [6, 6.07) is 0. The maximum atomic E-state index is 9.22. The van der Waals surface area contributed by atoms with E-state index in [1.54, 1.807) is 5.57 Å². The van der Waals surface area contributed by atoms with Crippen LogP contribution in [-0.2, 0) is 4.74 Å². The van der Waals surface area contributed by atoms with E-state index in [1.807, 2.05) is 0 Å². The number of hydrogen-bond donors (Lipinski definition) is 1. The number of rotatable bonds is 0. The van der Waals surface area contributed by atoms with Gasteiger partial charge in [0.05, 0.1) is 17.9 Å². The zero-order valence-corrected chi connectivity index (χ0v) is 16.0. The summed E-state index contributed by atoms with van der Waals surface area (Å²) in [6.45, 7) is 5.90. The fourth-order valence-electron chi connectivity index (χ4n) is 8.72. The highest BCUT2D eigenvalue weighted by Gasteiger charge is 2.76. The molecule has 4 saturated carbocycles. The molecule has 5 aliphatic carbocycles. The van der Waals surface area contributed by atoms with Crippen LogP contribution in [0.3, 0.4) is 0 Å². The summed E-state index contributed by atoms with van der Waals surface area (Å²) in [5, 5.41) is 12.7. The molecule has 9 atom stereocenters. The van der Waals surface area contributed by atoms with Crippen molar-refractivity contribution in [2.75, 3.05) is 6.61 Å². The Morgan fingerprint density at radius 3 is 2.92 bits per heavy atom. The number of oxime groups is 1. The lowest BCUT2D eigenvalue weighted by molar-refractivity contribution is -0.138. The Morgan fingerprint density at radius 1 is 1.27 bits per heavy atom. The topological polar surface area (TPSA) is 41.8 Å². The van der Waals surface area contributed by atoms with Crippen LogP contribution in [0.1, 0.15) is 52.4 Å². The average Bonchev–Trinajstić information content (AvgIpc) is 3.21. The lowest BCUT2D eigenvalue weighted by Crippen LogP contribution is -2.56. The van der Waals surface area contributed by atoms with Gasteiger partial charge in [-0.2, -0.15) is 0 Å². The maximum Gasteiger partial charge on any atom is 0.0954 e. The van der Waals surface area contributed by atoms with E-state index in [9.17, 15) is 5.21 Å². The van der Waals surface area contributed by atoms with E-state index in [-0.39, 0.29) is 5.60 Å². The molecule has 0 bridgehead atoms. The van der Waals surface area contributed by atoms with Crippen molar-refractivity contribution in [3.63, 3.8) is 0 Å². The van der Waals surface area contributed by atoms with Crippen molar-refractivity contribution in [1.82, 2.24) is 0 Å². The zero-order valence-electron chi connectivity index (χ0n) is 16.0.